The topological polar surface area (TPSA) is 66.0 Å². The van der Waals surface area contributed by atoms with Gasteiger partial charge in [-0.05, 0) is 35.9 Å². The van der Waals surface area contributed by atoms with Gasteiger partial charge in [0.05, 0.1) is 12.2 Å². The summed E-state index contributed by atoms with van der Waals surface area (Å²) in [7, 11) is 2.04. The summed E-state index contributed by atoms with van der Waals surface area (Å²) >= 11 is 0. The largest absolute Gasteiger partial charge is 0.490 e. The van der Waals surface area contributed by atoms with E-state index in [1.165, 1.54) is 0 Å². The highest BCUT2D eigenvalue weighted by molar-refractivity contribution is 6.17. The number of amides is 1. The van der Waals surface area contributed by atoms with Crippen molar-refractivity contribution in [1.82, 2.24) is 5.32 Å². The number of likely N-dealkylation sites (N-methyl/N-ethyl adjacent to an activating group) is 1. The van der Waals surface area contributed by atoms with Crippen LogP contribution in [0, 0.1) is 0 Å². The van der Waals surface area contributed by atoms with Crippen LogP contribution in [0.25, 0.3) is 6.08 Å². The number of hydrogen-bond acceptors (Lipinski definition) is 5. The van der Waals surface area contributed by atoms with Crippen LogP contribution in [0.5, 0.6) is 5.75 Å². The number of nitrogens with zero attached hydrogens (tertiary/aromatic N) is 2. The Labute approximate surface area is 145 Å². The number of rotatable bonds is 2. The van der Waals surface area contributed by atoms with E-state index in [9.17, 15) is 4.79 Å². The Hall–Kier alpha value is -3.28. The Bertz CT molecular complexity index is 874. The zero-order valence-electron chi connectivity index (χ0n) is 13.8. The molecule has 2 heterocycles. The molecule has 0 saturated heterocycles. The van der Waals surface area contributed by atoms with Gasteiger partial charge in [0.25, 0.3) is 5.91 Å². The van der Waals surface area contributed by atoms with Crippen molar-refractivity contribution < 1.29 is 9.53 Å². The lowest BCUT2D eigenvalue weighted by Gasteiger charge is -2.27. The first-order valence-electron chi connectivity index (χ1n) is 8.11. The van der Waals surface area contributed by atoms with E-state index in [2.05, 4.69) is 20.5 Å². The Morgan fingerprint density at radius 1 is 1.24 bits per heavy atom. The molecule has 2 aromatic carbocycles. The predicted molar refractivity (Wildman–Crippen MR) is 98.8 cm³/mol. The molecule has 4 rings (SSSR count). The first-order chi connectivity index (χ1) is 12.2. The van der Waals surface area contributed by atoms with Crippen molar-refractivity contribution in [1.29, 1.82) is 0 Å². The molecule has 0 aliphatic carbocycles. The van der Waals surface area contributed by atoms with Gasteiger partial charge in [0.2, 0.25) is 5.96 Å². The first-order valence-corrected chi connectivity index (χ1v) is 8.11. The minimum absolute atomic E-state index is 0.228. The Morgan fingerprint density at radius 3 is 2.92 bits per heavy atom. The van der Waals surface area contributed by atoms with Crippen molar-refractivity contribution in [3.8, 4) is 5.75 Å². The molecular weight excluding hydrogens is 316 g/mol. The molecule has 0 saturated carbocycles. The zero-order valence-corrected chi connectivity index (χ0v) is 13.8. The molecule has 25 heavy (non-hydrogen) atoms. The van der Waals surface area contributed by atoms with Gasteiger partial charge in [0, 0.05) is 12.7 Å². The van der Waals surface area contributed by atoms with Gasteiger partial charge in [-0.15, -0.1) is 0 Å². The number of fused-ring (bicyclic) bond motifs is 1. The molecule has 2 N–H and O–H groups in total. The van der Waals surface area contributed by atoms with Gasteiger partial charge in [-0.2, -0.15) is 0 Å². The Balaban J connectivity index is 1.57. The second kappa shape index (κ2) is 6.32. The van der Waals surface area contributed by atoms with Crippen molar-refractivity contribution in [2.45, 2.75) is 0 Å². The summed E-state index contributed by atoms with van der Waals surface area (Å²) in [5.74, 6) is 1.03. The molecule has 0 atom stereocenters. The zero-order chi connectivity index (χ0) is 17.2. The first kappa shape index (κ1) is 15.3. The van der Waals surface area contributed by atoms with E-state index < -0.39 is 0 Å². The van der Waals surface area contributed by atoms with Crippen LogP contribution in [-0.4, -0.2) is 32.1 Å². The quantitative estimate of drug-likeness (QED) is 0.828. The molecule has 2 aliphatic heterocycles. The fourth-order valence-corrected chi connectivity index (χ4v) is 2.81. The molecule has 0 radical (unpaired) electrons. The lowest BCUT2D eigenvalue weighted by Crippen LogP contribution is -2.29. The standard InChI is InChI=1S/C19H18N4O2/c1-23-9-10-25-17-12-13(7-8-16(17)23)11-15-18(24)22-19(21-15)20-14-5-3-2-4-6-14/h2-8,11-12H,9-10H2,1H3,(H2,20,21,22,24)/b15-11-. The van der Waals surface area contributed by atoms with E-state index in [4.69, 9.17) is 4.74 Å². The van der Waals surface area contributed by atoms with Crippen LogP contribution in [0.4, 0.5) is 11.4 Å². The molecule has 6 heteroatoms. The number of nitrogens with one attached hydrogen (secondary N) is 2. The number of anilines is 2. The molecular formula is C19H18N4O2. The van der Waals surface area contributed by atoms with Gasteiger partial charge in [-0.25, -0.2) is 4.99 Å². The number of para-hydroxylation sites is 1. The highest BCUT2D eigenvalue weighted by Gasteiger charge is 2.21. The van der Waals surface area contributed by atoms with E-state index in [0.29, 0.717) is 18.3 Å². The molecule has 2 aliphatic rings. The molecule has 1 amide bonds. The lowest BCUT2D eigenvalue weighted by atomic mass is 10.1. The van der Waals surface area contributed by atoms with Crippen molar-refractivity contribution in [2.75, 3.05) is 30.4 Å². The lowest BCUT2D eigenvalue weighted by molar-refractivity contribution is -0.115. The van der Waals surface area contributed by atoms with Gasteiger partial charge in [0.15, 0.2) is 0 Å². The summed E-state index contributed by atoms with van der Waals surface area (Å²) in [5.41, 5.74) is 3.17. The SMILES string of the molecule is CN1CCOc2cc(/C=C3\N=C(Nc4ccccc4)NC3=O)ccc21. The van der Waals surface area contributed by atoms with Crippen molar-refractivity contribution >= 4 is 29.3 Å². The maximum Gasteiger partial charge on any atom is 0.276 e. The van der Waals surface area contributed by atoms with Crippen LogP contribution in [0.15, 0.2) is 59.2 Å². The van der Waals surface area contributed by atoms with Crippen LogP contribution >= 0.6 is 0 Å². The summed E-state index contributed by atoms with van der Waals surface area (Å²) in [6, 6.07) is 15.5. The van der Waals surface area contributed by atoms with Gasteiger partial charge >= 0.3 is 0 Å². The molecule has 2 aromatic rings. The predicted octanol–water partition coefficient (Wildman–Crippen LogP) is 2.45. The summed E-state index contributed by atoms with van der Waals surface area (Å²) in [5, 5.41) is 5.82. The van der Waals surface area contributed by atoms with Gasteiger partial charge in [-0.1, -0.05) is 24.3 Å². The average molecular weight is 334 g/mol. The number of carbonyl (C=O) groups excluding carboxylic acids is 1. The third-order valence-electron chi connectivity index (χ3n) is 4.12. The molecule has 0 spiro atoms. The van der Waals surface area contributed by atoms with E-state index >= 15 is 0 Å². The summed E-state index contributed by atoms with van der Waals surface area (Å²) in [6.45, 7) is 1.53. The third kappa shape index (κ3) is 3.19. The molecule has 0 aromatic heterocycles. The average Bonchev–Trinajstić information content (AvgIpc) is 2.95. The Kier molecular flexibility index (Phi) is 3.85. The summed E-state index contributed by atoms with van der Waals surface area (Å²) in [6.07, 6.45) is 1.76. The number of guanidine groups is 1. The summed E-state index contributed by atoms with van der Waals surface area (Å²) in [4.78, 5) is 18.6. The van der Waals surface area contributed by atoms with Gasteiger partial charge < -0.3 is 15.0 Å². The molecule has 0 unspecified atom stereocenters. The normalized spacial score (nSPS) is 17.6. The monoisotopic (exact) mass is 334 g/mol. The minimum atomic E-state index is -0.228. The minimum Gasteiger partial charge on any atom is -0.490 e. The number of ether oxygens (including phenoxy) is 1. The fraction of sp³-hybridized carbons (Fsp3) is 0.158. The summed E-state index contributed by atoms with van der Waals surface area (Å²) < 4.78 is 5.71. The molecule has 0 fully saturated rings. The number of aliphatic imine (C=N–C) groups is 1. The van der Waals surface area contributed by atoms with Crippen LogP contribution < -0.4 is 20.3 Å². The van der Waals surface area contributed by atoms with E-state index in [1.54, 1.807) is 6.08 Å². The van der Waals surface area contributed by atoms with E-state index in [0.717, 1.165) is 29.2 Å². The van der Waals surface area contributed by atoms with Gasteiger partial charge in [0.1, 0.15) is 18.1 Å². The number of carbonyl (C=O) groups is 1. The second-order valence-corrected chi connectivity index (χ2v) is 5.93. The van der Waals surface area contributed by atoms with Crippen LogP contribution in [0.3, 0.4) is 0 Å². The highest BCUT2D eigenvalue weighted by Crippen LogP contribution is 2.32. The van der Waals surface area contributed by atoms with Crippen molar-refractivity contribution in [2.24, 2.45) is 4.99 Å². The fourth-order valence-electron chi connectivity index (χ4n) is 2.81. The van der Waals surface area contributed by atoms with E-state index in [1.807, 2.05) is 55.6 Å². The third-order valence-corrected chi connectivity index (χ3v) is 4.12. The van der Waals surface area contributed by atoms with Crippen LogP contribution in [0.1, 0.15) is 5.56 Å². The molecule has 6 nitrogen and oxygen atoms in total. The van der Waals surface area contributed by atoms with Gasteiger partial charge in [-0.3, -0.25) is 10.1 Å². The second-order valence-electron chi connectivity index (χ2n) is 5.93. The van der Waals surface area contributed by atoms with E-state index in [-0.39, 0.29) is 5.91 Å². The van der Waals surface area contributed by atoms with Crippen molar-refractivity contribution in [3.05, 3.63) is 59.8 Å². The highest BCUT2D eigenvalue weighted by atomic mass is 16.5. The smallest absolute Gasteiger partial charge is 0.276 e. The molecule has 0 bridgehead atoms. The number of benzene rings is 2. The van der Waals surface area contributed by atoms with Crippen molar-refractivity contribution in [3.63, 3.8) is 0 Å². The van der Waals surface area contributed by atoms with Crippen LogP contribution in [-0.2, 0) is 4.79 Å². The van der Waals surface area contributed by atoms with Crippen LogP contribution in [0.2, 0.25) is 0 Å². The number of hydrogen-bond donors (Lipinski definition) is 2. The maximum atomic E-state index is 12.1. The Morgan fingerprint density at radius 2 is 2.08 bits per heavy atom. The maximum absolute atomic E-state index is 12.1. The molecule has 126 valence electrons.